The van der Waals surface area contributed by atoms with Gasteiger partial charge >= 0.3 is 0 Å². The van der Waals surface area contributed by atoms with Gasteiger partial charge in [-0.05, 0) is 30.3 Å². The van der Waals surface area contributed by atoms with E-state index < -0.39 is 0 Å². The Bertz CT molecular complexity index is 1100. The largest absolute Gasteiger partial charge is 0.378 e. The second-order valence-corrected chi connectivity index (χ2v) is 6.50. The van der Waals surface area contributed by atoms with Crippen molar-refractivity contribution < 1.29 is 9.13 Å². The van der Waals surface area contributed by atoms with Crippen LogP contribution in [0.5, 0.6) is 0 Å². The molecule has 0 atom stereocenters. The molecule has 0 radical (unpaired) electrons. The highest BCUT2D eigenvalue weighted by molar-refractivity contribution is 5.65. The van der Waals surface area contributed by atoms with Crippen molar-refractivity contribution in [3.05, 3.63) is 61.1 Å². The first kappa shape index (κ1) is 16.7. The van der Waals surface area contributed by atoms with E-state index in [0.717, 1.165) is 18.8 Å². The lowest BCUT2D eigenvalue weighted by atomic mass is 10.2. The molecule has 0 spiro atoms. The van der Waals surface area contributed by atoms with Crippen LogP contribution >= 0.6 is 0 Å². The predicted molar refractivity (Wildman–Crippen MR) is 103 cm³/mol. The lowest BCUT2D eigenvalue weighted by molar-refractivity contribution is 0.122. The molecule has 1 aliphatic heterocycles. The first-order valence-corrected chi connectivity index (χ1v) is 9.00. The number of halogens is 1. The van der Waals surface area contributed by atoms with Crippen molar-refractivity contribution in [2.24, 2.45) is 0 Å². The molecule has 1 fully saturated rings. The van der Waals surface area contributed by atoms with E-state index in [2.05, 4.69) is 25.3 Å². The molecule has 9 heteroatoms. The van der Waals surface area contributed by atoms with Gasteiger partial charge in [-0.1, -0.05) is 0 Å². The topological polar surface area (TPSA) is 72.5 Å². The summed E-state index contributed by atoms with van der Waals surface area (Å²) in [6.45, 7) is 2.78. The molecule has 0 aliphatic carbocycles. The van der Waals surface area contributed by atoms with Gasteiger partial charge in [0.25, 0.3) is 0 Å². The maximum Gasteiger partial charge on any atom is 0.159 e. The first-order valence-electron chi connectivity index (χ1n) is 9.00. The Hall–Kier alpha value is -3.46. The van der Waals surface area contributed by atoms with Gasteiger partial charge in [-0.25, -0.2) is 14.4 Å². The summed E-state index contributed by atoms with van der Waals surface area (Å²) in [6.07, 6.45) is 6.87. The maximum atomic E-state index is 14.2. The summed E-state index contributed by atoms with van der Waals surface area (Å²) in [5, 5.41) is 7.84. The lowest BCUT2D eigenvalue weighted by Gasteiger charge is -2.29. The summed E-state index contributed by atoms with van der Waals surface area (Å²) >= 11 is 0. The van der Waals surface area contributed by atoms with Gasteiger partial charge < -0.3 is 15.0 Å². The SMILES string of the molecule is Fc1cc(Nc2cnc3ccc(-n4ccnc4)nn23)cc(N2CCOCC2)c1. The Morgan fingerprint density at radius 3 is 2.82 bits per heavy atom. The molecule has 5 rings (SSSR count). The number of nitrogens with zero attached hydrogens (tertiary/aromatic N) is 6. The summed E-state index contributed by atoms with van der Waals surface area (Å²) < 4.78 is 23.1. The lowest BCUT2D eigenvalue weighted by Crippen LogP contribution is -2.36. The molecule has 3 aromatic heterocycles. The average Bonchev–Trinajstić information content (AvgIpc) is 3.38. The molecule has 28 heavy (non-hydrogen) atoms. The molecule has 4 aromatic rings. The van der Waals surface area contributed by atoms with E-state index >= 15 is 0 Å². The van der Waals surface area contributed by atoms with E-state index in [1.165, 1.54) is 6.07 Å². The van der Waals surface area contributed by atoms with Gasteiger partial charge in [-0.3, -0.25) is 4.57 Å². The minimum atomic E-state index is -0.299. The van der Waals surface area contributed by atoms with Crippen LogP contribution in [0.15, 0.2) is 55.2 Å². The van der Waals surface area contributed by atoms with E-state index in [1.807, 2.05) is 29.0 Å². The Kier molecular flexibility index (Phi) is 4.13. The third kappa shape index (κ3) is 3.16. The summed E-state index contributed by atoms with van der Waals surface area (Å²) in [5.74, 6) is 1.06. The smallest absolute Gasteiger partial charge is 0.159 e. The van der Waals surface area contributed by atoms with Crippen molar-refractivity contribution >= 4 is 22.8 Å². The van der Waals surface area contributed by atoms with Gasteiger partial charge in [0, 0.05) is 36.9 Å². The Labute approximate surface area is 160 Å². The Morgan fingerprint density at radius 2 is 2.00 bits per heavy atom. The summed E-state index contributed by atoms with van der Waals surface area (Å²) in [6, 6.07) is 8.67. The van der Waals surface area contributed by atoms with E-state index in [9.17, 15) is 4.39 Å². The third-order valence-corrected chi connectivity index (χ3v) is 4.65. The highest BCUT2D eigenvalue weighted by atomic mass is 19.1. The molecule has 4 heterocycles. The summed E-state index contributed by atoms with van der Waals surface area (Å²) in [5.41, 5.74) is 2.15. The van der Waals surface area contributed by atoms with Crippen LogP contribution in [0.4, 0.5) is 21.6 Å². The molecule has 1 aromatic carbocycles. The summed E-state index contributed by atoms with van der Waals surface area (Å²) in [7, 11) is 0. The zero-order valence-corrected chi connectivity index (χ0v) is 15.0. The van der Waals surface area contributed by atoms with Crippen LogP contribution in [-0.2, 0) is 4.74 Å². The molecule has 0 bridgehead atoms. The van der Waals surface area contributed by atoms with Gasteiger partial charge in [0.15, 0.2) is 17.3 Å². The molecule has 0 amide bonds. The number of rotatable bonds is 4. The number of anilines is 3. The van der Waals surface area contributed by atoms with Crippen LogP contribution in [0.25, 0.3) is 11.5 Å². The number of nitrogens with one attached hydrogen (secondary N) is 1. The number of hydrogen-bond donors (Lipinski definition) is 1. The van der Waals surface area contributed by atoms with Crippen LogP contribution in [0.3, 0.4) is 0 Å². The zero-order chi connectivity index (χ0) is 18.9. The minimum absolute atomic E-state index is 0.299. The number of imidazole rings is 2. The van der Waals surface area contributed by atoms with Gasteiger partial charge in [-0.2, -0.15) is 4.52 Å². The average molecular weight is 379 g/mol. The third-order valence-electron chi connectivity index (χ3n) is 4.65. The van der Waals surface area contributed by atoms with Gasteiger partial charge in [0.2, 0.25) is 0 Å². The fraction of sp³-hybridized carbons (Fsp3) is 0.211. The highest BCUT2D eigenvalue weighted by Gasteiger charge is 2.14. The van der Waals surface area contributed by atoms with Crippen molar-refractivity contribution in [3.8, 4) is 5.82 Å². The number of fused-ring (bicyclic) bond motifs is 1. The van der Waals surface area contributed by atoms with Crippen LogP contribution in [0.2, 0.25) is 0 Å². The van der Waals surface area contributed by atoms with Gasteiger partial charge in [0.05, 0.1) is 19.4 Å². The van der Waals surface area contributed by atoms with Gasteiger partial charge in [-0.15, -0.1) is 5.10 Å². The molecular formula is C19H18FN7O. The van der Waals surface area contributed by atoms with Crippen molar-refractivity contribution in [1.82, 2.24) is 24.1 Å². The Morgan fingerprint density at radius 1 is 1.11 bits per heavy atom. The number of benzene rings is 1. The van der Waals surface area contributed by atoms with E-state index in [4.69, 9.17) is 4.74 Å². The molecule has 1 N–H and O–H groups in total. The molecular weight excluding hydrogens is 361 g/mol. The maximum absolute atomic E-state index is 14.2. The molecule has 1 aliphatic rings. The number of aromatic nitrogens is 5. The number of morpholine rings is 1. The summed E-state index contributed by atoms with van der Waals surface area (Å²) in [4.78, 5) is 10.5. The molecule has 1 saturated heterocycles. The standard InChI is InChI=1S/C19H18FN7O/c20-14-9-15(11-16(10-14)25-5-7-28-8-6-25)23-19-12-22-17-1-2-18(24-27(17)19)26-4-3-21-13-26/h1-4,9-13,23H,5-8H2. The molecule has 0 unspecified atom stereocenters. The van der Waals surface area contributed by atoms with Crippen LogP contribution in [-0.4, -0.2) is 50.5 Å². The number of ether oxygens (including phenoxy) is 1. The fourth-order valence-electron chi connectivity index (χ4n) is 3.28. The van der Waals surface area contributed by atoms with Gasteiger partial charge in [0.1, 0.15) is 12.1 Å². The van der Waals surface area contributed by atoms with Crippen molar-refractivity contribution in [1.29, 1.82) is 0 Å². The fourth-order valence-corrected chi connectivity index (χ4v) is 3.28. The minimum Gasteiger partial charge on any atom is -0.378 e. The van der Waals surface area contributed by atoms with E-state index in [-0.39, 0.29) is 5.82 Å². The van der Waals surface area contributed by atoms with E-state index in [0.29, 0.717) is 36.2 Å². The quantitative estimate of drug-likeness (QED) is 0.588. The monoisotopic (exact) mass is 379 g/mol. The molecule has 8 nitrogen and oxygen atoms in total. The van der Waals surface area contributed by atoms with Crippen LogP contribution in [0.1, 0.15) is 0 Å². The van der Waals surface area contributed by atoms with Crippen LogP contribution < -0.4 is 10.2 Å². The van der Waals surface area contributed by atoms with Crippen molar-refractivity contribution in [2.45, 2.75) is 0 Å². The highest BCUT2D eigenvalue weighted by Crippen LogP contribution is 2.25. The van der Waals surface area contributed by atoms with E-state index in [1.54, 1.807) is 29.3 Å². The van der Waals surface area contributed by atoms with Crippen molar-refractivity contribution in [3.63, 3.8) is 0 Å². The second kappa shape index (κ2) is 6.93. The van der Waals surface area contributed by atoms with Crippen LogP contribution in [0, 0.1) is 5.82 Å². The normalized spacial score (nSPS) is 14.5. The molecule has 142 valence electrons. The molecule has 0 saturated carbocycles. The zero-order valence-electron chi connectivity index (χ0n) is 15.0. The number of hydrogen-bond acceptors (Lipinski definition) is 6. The predicted octanol–water partition coefficient (Wildman–Crippen LogP) is 2.63. The Balaban J connectivity index is 1.48. The second-order valence-electron chi connectivity index (χ2n) is 6.50. The van der Waals surface area contributed by atoms with Crippen molar-refractivity contribution in [2.75, 3.05) is 36.5 Å². The first-order chi connectivity index (χ1) is 13.8.